The number of oxime groups is 1. The molecule has 1 aromatic rings. The molecule has 4 nitrogen and oxygen atoms in total. The third-order valence-corrected chi connectivity index (χ3v) is 6.64. The first-order chi connectivity index (χ1) is 11.0. The topological polar surface area (TPSA) is 62.0 Å². The molecule has 5 atom stereocenters. The van der Waals surface area contributed by atoms with Crippen LogP contribution < -0.4 is 0 Å². The normalized spacial score (nSPS) is 40.4. The summed E-state index contributed by atoms with van der Waals surface area (Å²) in [5, 5.41) is 24.7. The van der Waals surface area contributed by atoms with Gasteiger partial charge in [-0.05, 0) is 66.7 Å². The molecule has 3 aliphatic carbocycles. The number of nitrogens with zero attached hydrogens (tertiary/aromatic N) is 1. The summed E-state index contributed by atoms with van der Waals surface area (Å²) in [6.45, 7) is 2.26. The molecular formula is C19H25NO3. The maximum Gasteiger partial charge on any atom is 0.115 e. The first-order valence-corrected chi connectivity index (χ1v) is 8.65. The molecule has 4 heteroatoms. The molecule has 0 bridgehead atoms. The summed E-state index contributed by atoms with van der Waals surface area (Å²) in [5.41, 5.74) is 3.66. The Morgan fingerprint density at radius 2 is 2.13 bits per heavy atom. The zero-order valence-electron chi connectivity index (χ0n) is 13.8. The molecule has 0 saturated heterocycles. The van der Waals surface area contributed by atoms with Gasteiger partial charge in [0.1, 0.15) is 12.9 Å². The number of aryl methyl sites for hydroxylation is 1. The van der Waals surface area contributed by atoms with Crippen molar-refractivity contribution in [2.45, 2.75) is 51.0 Å². The van der Waals surface area contributed by atoms with Crippen LogP contribution in [-0.4, -0.2) is 29.1 Å². The Hall–Kier alpha value is -1.55. The van der Waals surface area contributed by atoms with Gasteiger partial charge in [0, 0.05) is 11.8 Å². The second-order valence-corrected chi connectivity index (χ2v) is 7.67. The van der Waals surface area contributed by atoms with Gasteiger partial charge in [-0.1, -0.05) is 18.1 Å². The molecule has 0 radical (unpaired) electrons. The van der Waals surface area contributed by atoms with Crippen molar-refractivity contribution in [3.8, 4) is 5.75 Å². The fourth-order valence-corrected chi connectivity index (χ4v) is 5.67. The monoisotopic (exact) mass is 315 g/mol. The molecule has 4 rings (SSSR count). The smallest absolute Gasteiger partial charge is 0.115 e. The number of aliphatic hydroxyl groups is 1. The van der Waals surface area contributed by atoms with Crippen LogP contribution in [0.5, 0.6) is 5.75 Å². The minimum absolute atomic E-state index is 0.0367. The Labute approximate surface area is 137 Å². The van der Waals surface area contributed by atoms with Gasteiger partial charge in [0.2, 0.25) is 0 Å². The number of phenolic OH excluding ortho intramolecular Hbond substituents is 1. The van der Waals surface area contributed by atoms with Crippen molar-refractivity contribution in [3.05, 3.63) is 29.3 Å². The first kappa shape index (κ1) is 15.0. The number of aliphatic hydroxyl groups excluding tert-OH is 1. The van der Waals surface area contributed by atoms with E-state index >= 15 is 0 Å². The van der Waals surface area contributed by atoms with Crippen molar-refractivity contribution in [1.82, 2.24) is 0 Å². The minimum Gasteiger partial charge on any atom is -0.508 e. The number of benzene rings is 1. The van der Waals surface area contributed by atoms with E-state index in [0.717, 1.165) is 31.4 Å². The zero-order chi connectivity index (χ0) is 16.2. The van der Waals surface area contributed by atoms with Gasteiger partial charge in [0.05, 0.1) is 11.8 Å². The Morgan fingerprint density at radius 3 is 2.91 bits per heavy atom. The SMILES string of the molecule is CO/N=C1\C[C@H](O)[C@H]2[C@@H]3CCc4cc(O)ccc4[C@H]3CC[C@]12C. The van der Waals surface area contributed by atoms with E-state index in [2.05, 4.69) is 18.1 Å². The van der Waals surface area contributed by atoms with Crippen molar-refractivity contribution in [3.63, 3.8) is 0 Å². The molecule has 0 aromatic heterocycles. The summed E-state index contributed by atoms with van der Waals surface area (Å²) in [6, 6.07) is 5.82. The highest BCUT2D eigenvalue weighted by molar-refractivity contribution is 5.92. The third-order valence-electron chi connectivity index (χ3n) is 6.64. The van der Waals surface area contributed by atoms with Crippen LogP contribution in [0.4, 0.5) is 0 Å². The molecule has 124 valence electrons. The standard InChI is InChI=1S/C19H25NO3/c1-19-8-7-14-13-6-4-12(21)9-11(13)3-5-15(14)18(19)16(22)10-17(19)20-23-2/h4,6,9,14-16,18,21-22H,3,5,7-8,10H2,1-2H3/b20-17+/t14-,15-,16+,18-,19-/m1/s1. The largest absolute Gasteiger partial charge is 0.508 e. The van der Waals surface area contributed by atoms with Crippen molar-refractivity contribution < 1.29 is 15.1 Å². The van der Waals surface area contributed by atoms with Gasteiger partial charge in [0.25, 0.3) is 0 Å². The molecule has 0 amide bonds. The number of phenols is 1. The number of aromatic hydroxyl groups is 1. The molecule has 2 N–H and O–H groups in total. The van der Waals surface area contributed by atoms with Gasteiger partial charge in [-0.3, -0.25) is 0 Å². The highest BCUT2D eigenvalue weighted by Crippen LogP contribution is 2.60. The molecule has 23 heavy (non-hydrogen) atoms. The molecule has 2 fully saturated rings. The lowest BCUT2D eigenvalue weighted by Gasteiger charge is -2.49. The van der Waals surface area contributed by atoms with Crippen LogP contribution in [0.2, 0.25) is 0 Å². The predicted octanol–water partition coefficient (Wildman–Crippen LogP) is 3.22. The van der Waals surface area contributed by atoms with Gasteiger partial charge in [-0.2, -0.15) is 0 Å². The summed E-state index contributed by atoms with van der Waals surface area (Å²) < 4.78 is 0. The molecule has 2 saturated carbocycles. The fraction of sp³-hybridized carbons (Fsp3) is 0.632. The lowest BCUT2D eigenvalue weighted by Crippen LogP contribution is -2.45. The number of hydrogen-bond donors (Lipinski definition) is 2. The average molecular weight is 315 g/mol. The van der Waals surface area contributed by atoms with E-state index in [4.69, 9.17) is 4.84 Å². The Kier molecular flexibility index (Phi) is 3.41. The lowest BCUT2D eigenvalue weighted by molar-refractivity contribution is 0.00214. The van der Waals surface area contributed by atoms with Crippen LogP contribution in [0.1, 0.15) is 49.7 Å². The second kappa shape index (κ2) is 5.23. The third kappa shape index (κ3) is 2.11. The minimum atomic E-state index is -0.319. The quantitative estimate of drug-likeness (QED) is 0.782. The maximum absolute atomic E-state index is 10.7. The average Bonchev–Trinajstić information content (AvgIpc) is 2.78. The highest BCUT2D eigenvalue weighted by Gasteiger charge is 2.57. The molecule has 3 aliphatic rings. The van der Waals surface area contributed by atoms with Gasteiger partial charge in [-0.25, -0.2) is 0 Å². The fourth-order valence-electron chi connectivity index (χ4n) is 5.67. The maximum atomic E-state index is 10.7. The van der Waals surface area contributed by atoms with E-state index < -0.39 is 0 Å². The van der Waals surface area contributed by atoms with Crippen molar-refractivity contribution in [1.29, 1.82) is 0 Å². The Bertz CT molecular complexity index is 656. The van der Waals surface area contributed by atoms with E-state index in [9.17, 15) is 10.2 Å². The summed E-state index contributed by atoms with van der Waals surface area (Å²) >= 11 is 0. The molecule has 0 heterocycles. The van der Waals surface area contributed by atoms with E-state index in [-0.39, 0.29) is 17.4 Å². The van der Waals surface area contributed by atoms with Crippen LogP contribution in [0.15, 0.2) is 23.4 Å². The van der Waals surface area contributed by atoms with Crippen LogP contribution in [0, 0.1) is 17.3 Å². The van der Waals surface area contributed by atoms with Gasteiger partial charge < -0.3 is 15.1 Å². The first-order valence-electron chi connectivity index (χ1n) is 8.65. The van der Waals surface area contributed by atoms with Crippen molar-refractivity contribution in [2.24, 2.45) is 22.4 Å². The van der Waals surface area contributed by atoms with E-state index in [1.165, 1.54) is 11.1 Å². The predicted molar refractivity (Wildman–Crippen MR) is 88.6 cm³/mol. The molecular weight excluding hydrogens is 290 g/mol. The summed E-state index contributed by atoms with van der Waals surface area (Å²) in [5.74, 6) is 1.61. The van der Waals surface area contributed by atoms with Crippen molar-refractivity contribution in [2.75, 3.05) is 7.11 Å². The van der Waals surface area contributed by atoms with E-state index in [1.54, 1.807) is 13.2 Å². The number of hydrogen-bond acceptors (Lipinski definition) is 4. The molecule has 1 aromatic carbocycles. The highest BCUT2D eigenvalue weighted by atomic mass is 16.6. The van der Waals surface area contributed by atoms with E-state index in [0.29, 0.717) is 24.0 Å². The van der Waals surface area contributed by atoms with Gasteiger partial charge in [-0.15, -0.1) is 0 Å². The van der Waals surface area contributed by atoms with Crippen LogP contribution in [0.3, 0.4) is 0 Å². The number of rotatable bonds is 1. The zero-order valence-corrected chi connectivity index (χ0v) is 13.8. The summed E-state index contributed by atoms with van der Waals surface area (Å²) in [4.78, 5) is 5.04. The lowest BCUT2D eigenvalue weighted by atomic mass is 9.55. The van der Waals surface area contributed by atoms with Crippen molar-refractivity contribution >= 4 is 5.71 Å². The molecule has 0 spiro atoms. The second-order valence-electron chi connectivity index (χ2n) is 7.67. The number of fused-ring (bicyclic) bond motifs is 5. The Morgan fingerprint density at radius 1 is 1.30 bits per heavy atom. The summed E-state index contributed by atoms with van der Waals surface area (Å²) in [7, 11) is 1.59. The van der Waals surface area contributed by atoms with Gasteiger partial charge >= 0.3 is 0 Å². The van der Waals surface area contributed by atoms with Crippen LogP contribution in [0.25, 0.3) is 0 Å². The van der Waals surface area contributed by atoms with E-state index in [1.807, 2.05) is 6.07 Å². The van der Waals surface area contributed by atoms with Gasteiger partial charge in [0.15, 0.2) is 0 Å². The van der Waals surface area contributed by atoms with Crippen LogP contribution in [-0.2, 0) is 11.3 Å². The summed E-state index contributed by atoms with van der Waals surface area (Å²) in [6.07, 6.45) is 4.55. The van der Waals surface area contributed by atoms with Crippen LogP contribution >= 0.6 is 0 Å². The molecule has 0 aliphatic heterocycles. The Balaban J connectivity index is 1.72. The molecule has 0 unspecified atom stereocenters.